The van der Waals surface area contributed by atoms with E-state index in [1.165, 1.54) is 6.26 Å². The SMILES string of the molecule is Cc1cc(C(=O)Nc2ccn(Cc3c(C)noc3C)n2)c(C)o1.Cc1ccc(C(=O)Nc2ccn(Cc3c(C)noc3C)n2)o1.Cc1noc(C)c1Cn1ccc(NC(=O)c2ccoc2C)n1. The average Bonchev–Trinajstić information content (AvgIpc) is 4.16. The summed E-state index contributed by atoms with van der Waals surface area (Å²) in [5.74, 6) is 5.77. The molecule has 9 aromatic rings. The lowest BCUT2D eigenvalue weighted by molar-refractivity contribution is 0.0991. The van der Waals surface area contributed by atoms with Crippen molar-refractivity contribution in [3.05, 3.63) is 158 Å². The molecule has 21 nitrogen and oxygen atoms in total. The summed E-state index contributed by atoms with van der Waals surface area (Å²) in [6.45, 7) is 20.0. The number of amides is 3. The van der Waals surface area contributed by atoms with Gasteiger partial charge >= 0.3 is 0 Å². The first-order valence-corrected chi connectivity index (χ1v) is 21.0. The molecule has 3 N–H and O–H groups in total. The van der Waals surface area contributed by atoms with Crippen molar-refractivity contribution in [1.82, 2.24) is 44.8 Å². The monoisotopic (exact) mass is 914 g/mol. The Balaban J connectivity index is 0.000000149. The molecule has 9 heterocycles. The minimum atomic E-state index is -0.323. The largest absolute Gasteiger partial charge is 0.469 e. The molecular weight excluding hydrogens is 865 g/mol. The van der Waals surface area contributed by atoms with E-state index in [9.17, 15) is 14.4 Å². The predicted molar refractivity (Wildman–Crippen MR) is 241 cm³/mol. The summed E-state index contributed by atoms with van der Waals surface area (Å²) in [4.78, 5) is 36.3. The van der Waals surface area contributed by atoms with Gasteiger partial charge in [0.2, 0.25) is 0 Å². The van der Waals surface area contributed by atoms with Gasteiger partial charge in [-0.05, 0) is 93.5 Å². The molecule has 0 aromatic carbocycles. The Hall–Kier alpha value is -8.49. The van der Waals surface area contributed by atoms with Gasteiger partial charge in [0, 0.05) is 53.5 Å². The lowest BCUT2D eigenvalue weighted by Gasteiger charge is -2.02. The second-order valence-electron chi connectivity index (χ2n) is 15.6. The van der Waals surface area contributed by atoms with Crippen LogP contribution in [0.5, 0.6) is 0 Å². The molecule has 0 aliphatic heterocycles. The summed E-state index contributed by atoms with van der Waals surface area (Å²) in [5.41, 5.74) is 6.51. The van der Waals surface area contributed by atoms with E-state index in [1.807, 2.05) is 48.5 Å². The fourth-order valence-electron chi connectivity index (χ4n) is 6.80. The van der Waals surface area contributed by atoms with Crippen LogP contribution >= 0.6 is 0 Å². The Morgan fingerprint density at radius 3 is 1.25 bits per heavy atom. The number of aromatic nitrogens is 9. The number of nitrogens with zero attached hydrogens (tertiary/aromatic N) is 9. The fraction of sp³-hybridized carbons (Fsp3) is 0.283. The first-order chi connectivity index (χ1) is 32.0. The van der Waals surface area contributed by atoms with Crippen LogP contribution in [0.4, 0.5) is 17.5 Å². The van der Waals surface area contributed by atoms with Gasteiger partial charge in [-0.3, -0.25) is 28.4 Å². The molecule has 0 fully saturated rings. The summed E-state index contributed by atoms with van der Waals surface area (Å²) in [5, 5.41) is 33.0. The Kier molecular flexibility index (Phi) is 14.0. The molecule has 0 aliphatic rings. The molecular formula is C46H50N12O9. The third kappa shape index (κ3) is 11.4. The van der Waals surface area contributed by atoms with Crippen molar-refractivity contribution in [2.45, 2.75) is 88.9 Å². The van der Waals surface area contributed by atoms with Crippen molar-refractivity contribution in [2.24, 2.45) is 0 Å². The molecule has 67 heavy (non-hydrogen) atoms. The van der Waals surface area contributed by atoms with Crippen LogP contribution in [0.15, 0.2) is 94.1 Å². The second kappa shape index (κ2) is 20.1. The van der Waals surface area contributed by atoms with Crippen LogP contribution in [0, 0.1) is 69.2 Å². The maximum Gasteiger partial charge on any atom is 0.292 e. The van der Waals surface area contributed by atoms with Crippen molar-refractivity contribution in [1.29, 1.82) is 0 Å². The van der Waals surface area contributed by atoms with E-state index in [1.54, 1.807) is 95.9 Å². The highest BCUT2D eigenvalue weighted by molar-refractivity contribution is 6.05. The lowest BCUT2D eigenvalue weighted by atomic mass is 10.2. The van der Waals surface area contributed by atoms with E-state index in [0.29, 0.717) is 71.3 Å². The average molecular weight is 915 g/mol. The molecule has 0 saturated carbocycles. The van der Waals surface area contributed by atoms with Gasteiger partial charge in [0.15, 0.2) is 23.2 Å². The number of aryl methyl sites for hydroxylation is 10. The van der Waals surface area contributed by atoms with Crippen molar-refractivity contribution < 1.29 is 41.2 Å². The van der Waals surface area contributed by atoms with Crippen molar-refractivity contribution in [2.75, 3.05) is 16.0 Å². The standard InChI is InChI=1S/C16H18N4O3.2C15H16N4O3/c1-9-7-13(11(3)22-9)16(21)17-15-5-6-20(18-15)8-14-10(2)19-23-12(14)4;1-9-13(11(3)22-18-9)8-19-6-4-14(17-19)16-15(20)12-5-7-21-10(12)2;1-9-4-5-13(21-9)15(20)16-14-6-7-19(17-14)8-12-10(2)18-22-11(12)3/h5-7H,8H2,1-4H3,(H,17,18,21);2*4-7H,8H2,1-3H3,(H,16,17,20). The highest BCUT2D eigenvalue weighted by Gasteiger charge is 2.18. The number of rotatable bonds is 12. The molecule has 0 radical (unpaired) electrons. The smallest absolute Gasteiger partial charge is 0.292 e. The lowest BCUT2D eigenvalue weighted by Crippen LogP contribution is -2.13. The van der Waals surface area contributed by atoms with E-state index < -0.39 is 0 Å². The predicted octanol–water partition coefficient (Wildman–Crippen LogP) is 8.38. The van der Waals surface area contributed by atoms with Crippen LogP contribution < -0.4 is 16.0 Å². The zero-order valence-electron chi connectivity index (χ0n) is 38.7. The topological polar surface area (TPSA) is 258 Å². The van der Waals surface area contributed by atoms with E-state index in [0.717, 1.165) is 51.1 Å². The molecule has 3 amide bonds. The number of anilines is 3. The molecule has 0 atom stereocenters. The van der Waals surface area contributed by atoms with Gasteiger partial charge in [0.1, 0.15) is 40.3 Å². The second-order valence-corrected chi connectivity index (χ2v) is 15.6. The Morgan fingerprint density at radius 1 is 0.478 bits per heavy atom. The molecule has 0 unspecified atom stereocenters. The van der Waals surface area contributed by atoms with Gasteiger partial charge in [-0.25, -0.2) is 0 Å². The normalized spacial score (nSPS) is 10.9. The maximum absolute atomic E-state index is 12.2. The minimum Gasteiger partial charge on any atom is -0.469 e. The Labute approximate surface area is 383 Å². The third-order valence-corrected chi connectivity index (χ3v) is 10.5. The maximum atomic E-state index is 12.2. The highest BCUT2D eigenvalue weighted by Crippen LogP contribution is 2.20. The zero-order valence-corrected chi connectivity index (χ0v) is 38.7. The molecule has 9 aromatic heterocycles. The highest BCUT2D eigenvalue weighted by atomic mass is 16.5. The van der Waals surface area contributed by atoms with E-state index in [-0.39, 0.29) is 23.5 Å². The number of furan rings is 3. The number of carbonyl (C=O) groups is 3. The van der Waals surface area contributed by atoms with E-state index in [4.69, 9.17) is 26.8 Å². The number of carbonyl (C=O) groups excluding carboxylic acids is 3. The first-order valence-electron chi connectivity index (χ1n) is 21.0. The van der Waals surface area contributed by atoms with Crippen LogP contribution in [0.1, 0.15) is 105 Å². The molecule has 21 heteroatoms. The molecule has 9 rings (SSSR count). The molecule has 348 valence electrons. The third-order valence-electron chi connectivity index (χ3n) is 10.5. The first kappa shape index (κ1) is 46.5. The molecule has 0 spiro atoms. The summed E-state index contributed by atoms with van der Waals surface area (Å²) in [7, 11) is 0. The number of hydrogen-bond donors (Lipinski definition) is 3. The van der Waals surface area contributed by atoms with E-state index >= 15 is 0 Å². The van der Waals surface area contributed by atoms with Gasteiger partial charge in [-0.2, -0.15) is 15.3 Å². The molecule has 0 bridgehead atoms. The van der Waals surface area contributed by atoms with Crippen LogP contribution in [0.3, 0.4) is 0 Å². The van der Waals surface area contributed by atoms with Crippen LogP contribution in [0.2, 0.25) is 0 Å². The van der Waals surface area contributed by atoms with Gasteiger partial charge in [-0.15, -0.1) is 0 Å². The minimum absolute atomic E-state index is 0.234. The van der Waals surface area contributed by atoms with Crippen molar-refractivity contribution in [3.63, 3.8) is 0 Å². The van der Waals surface area contributed by atoms with Gasteiger partial charge < -0.3 is 42.8 Å². The molecule has 0 aliphatic carbocycles. The summed E-state index contributed by atoms with van der Waals surface area (Å²) >= 11 is 0. The van der Waals surface area contributed by atoms with Crippen LogP contribution in [-0.4, -0.2) is 62.5 Å². The van der Waals surface area contributed by atoms with Gasteiger partial charge in [-0.1, -0.05) is 15.5 Å². The number of nitrogens with one attached hydrogen (secondary N) is 3. The summed E-state index contributed by atoms with van der Waals surface area (Å²) < 4.78 is 36.3. The van der Waals surface area contributed by atoms with E-state index in [2.05, 4.69) is 46.7 Å². The van der Waals surface area contributed by atoms with Gasteiger partial charge in [0.25, 0.3) is 17.7 Å². The quantitative estimate of drug-likeness (QED) is 0.104. The van der Waals surface area contributed by atoms with Crippen molar-refractivity contribution >= 4 is 35.2 Å². The van der Waals surface area contributed by atoms with Crippen LogP contribution in [-0.2, 0) is 19.6 Å². The summed E-state index contributed by atoms with van der Waals surface area (Å²) in [6.07, 6.45) is 6.87. The van der Waals surface area contributed by atoms with Crippen LogP contribution in [0.25, 0.3) is 0 Å². The zero-order chi connectivity index (χ0) is 47.9. The van der Waals surface area contributed by atoms with Crippen molar-refractivity contribution in [3.8, 4) is 0 Å². The Morgan fingerprint density at radius 2 is 0.910 bits per heavy atom. The summed E-state index contributed by atoms with van der Waals surface area (Å²) in [6, 6.07) is 11.9. The molecule has 0 saturated heterocycles. The number of hydrogen-bond acceptors (Lipinski definition) is 15. The van der Waals surface area contributed by atoms with Gasteiger partial charge in [0.05, 0.1) is 54.1 Å². The fourth-order valence-corrected chi connectivity index (χ4v) is 6.80. The Bertz CT molecular complexity index is 3080.